The third-order valence-electron chi connectivity index (χ3n) is 2.26. The summed E-state index contributed by atoms with van der Waals surface area (Å²) in [7, 11) is 0. The maximum atomic E-state index is 10.7. The number of hydrogen-bond acceptors (Lipinski definition) is 2. The Morgan fingerprint density at radius 2 is 1.62 bits per heavy atom. The van der Waals surface area contributed by atoms with E-state index >= 15 is 0 Å². The molecule has 0 bridgehead atoms. The number of hydrogen-bond donors (Lipinski definition) is 0. The minimum Gasteiger partial charge on any atom is -0.545 e. The van der Waals surface area contributed by atoms with Crippen molar-refractivity contribution < 1.29 is 9.90 Å². The molecule has 0 fully saturated rings. The van der Waals surface area contributed by atoms with Gasteiger partial charge in [0, 0.05) is 5.02 Å². The summed E-state index contributed by atoms with van der Waals surface area (Å²) in [6, 6.07) is 13.8. The van der Waals surface area contributed by atoms with Crippen molar-refractivity contribution in [1.29, 1.82) is 0 Å². The van der Waals surface area contributed by atoms with E-state index in [9.17, 15) is 9.90 Å². The molecule has 0 aliphatic rings. The maximum absolute atomic E-state index is 10.7. The van der Waals surface area contributed by atoms with Crippen LogP contribution in [0.2, 0.25) is 5.02 Å². The predicted octanol–water partition coefficient (Wildman–Crippen LogP) is 2.37. The summed E-state index contributed by atoms with van der Waals surface area (Å²) in [6.07, 6.45) is 0. The molecular formula is C13H8ClO2-. The van der Waals surface area contributed by atoms with Crippen LogP contribution >= 0.6 is 11.6 Å². The Labute approximate surface area is 98.1 Å². The van der Waals surface area contributed by atoms with Crippen molar-refractivity contribution in [2.75, 3.05) is 0 Å². The highest BCUT2D eigenvalue weighted by atomic mass is 35.5. The first-order chi connectivity index (χ1) is 7.66. The number of aromatic carboxylic acids is 1. The lowest BCUT2D eigenvalue weighted by molar-refractivity contribution is -0.255. The molecule has 2 aromatic rings. The number of carbonyl (C=O) groups excluding carboxylic acids is 1. The quantitative estimate of drug-likeness (QED) is 0.796. The van der Waals surface area contributed by atoms with Crippen LogP contribution in [0.1, 0.15) is 10.4 Å². The Kier molecular flexibility index (Phi) is 2.93. The van der Waals surface area contributed by atoms with Crippen LogP contribution in [0.3, 0.4) is 0 Å². The highest BCUT2D eigenvalue weighted by molar-refractivity contribution is 6.30. The maximum Gasteiger partial charge on any atom is 0.0715 e. The van der Waals surface area contributed by atoms with E-state index in [0.29, 0.717) is 5.02 Å². The minimum atomic E-state index is -1.18. The number of benzene rings is 2. The van der Waals surface area contributed by atoms with Crippen LogP contribution in [-0.2, 0) is 0 Å². The third-order valence-corrected chi connectivity index (χ3v) is 2.49. The van der Waals surface area contributed by atoms with Crippen LogP contribution in [-0.4, -0.2) is 5.97 Å². The lowest BCUT2D eigenvalue weighted by Gasteiger charge is -2.06. The Morgan fingerprint density at radius 3 is 2.25 bits per heavy atom. The molecule has 0 aliphatic heterocycles. The van der Waals surface area contributed by atoms with Gasteiger partial charge in [-0.2, -0.15) is 0 Å². The number of halogens is 1. The molecule has 2 nitrogen and oxygen atoms in total. The molecule has 0 saturated carbocycles. The molecule has 0 aliphatic carbocycles. The van der Waals surface area contributed by atoms with Crippen LogP contribution < -0.4 is 5.11 Å². The largest absolute Gasteiger partial charge is 0.545 e. The zero-order valence-corrected chi connectivity index (χ0v) is 9.07. The summed E-state index contributed by atoms with van der Waals surface area (Å²) < 4.78 is 0. The van der Waals surface area contributed by atoms with Gasteiger partial charge in [0.15, 0.2) is 0 Å². The molecule has 0 N–H and O–H groups in total. The molecule has 0 atom stereocenters. The van der Waals surface area contributed by atoms with Crippen LogP contribution in [0.15, 0.2) is 48.5 Å². The summed E-state index contributed by atoms with van der Waals surface area (Å²) in [6.45, 7) is 0. The molecule has 0 radical (unpaired) electrons. The zero-order chi connectivity index (χ0) is 11.5. The van der Waals surface area contributed by atoms with Crippen molar-refractivity contribution in [3.63, 3.8) is 0 Å². The second kappa shape index (κ2) is 4.37. The predicted molar refractivity (Wildman–Crippen MR) is 61.2 cm³/mol. The van der Waals surface area contributed by atoms with Crippen LogP contribution in [0.5, 0.6) is 0 Å². The summed E-state index contributed by atoms with van der Waals surface area (Å²) in [4.78, 5) is 10.7. The molecule has 0 amide bonds. The van der Waals surface area contributed by atoms with Gasteiger partial charge in [0.25, 0.3) is 0 Å². The number of rotatable bonds is 2. The van der Waals surface area contributed by atoms with Gasteiger partial charge in [-0.1, -0.05) is 41.9 Å². The van der Waals surface area contributed by atoms with E-state index in [0.717, 1.165) is 11.1 Å². The van der Waals surface area contributed by atoms with E-state index in [4.69, 9.17) is 11.6 Å². The molecule has 0 aromatic heterocycles. The van der Waals surface area contributed by atoms with Crippen molar-refractivity contribution in [3.05, 3.63) is 59.1 Å². The van der Waals surface area contributed by atoms with Gasteiger partial charge in [0.2, 0.25) is 0 Å². The summed E-state index contributed by atoms with van der Waals surface area (Å²) in [5, 5.41) is 11.3. The van der Waals surface area contributed by atoms with Crippen molar-refractivity contribution >= 4 is 17.6 Å². The van der Waals surface area contributed by atoms with Crippen molar-refractivity contribution in [2.24, 2.45) is 0 Å². The molecule has 0 spiro atoms. The van der Waals surface area contributed by atoms with E-state index in [2.05, 4.69) is 0 Å². The summed E-state index contributed by atoms with van der Waals surface area (Å²) >= 11 is 5.87. The van der Waals surface area contributed by atoms with Gasteiger partial charge in [-0.15, -0.1) is 0 Å². The molecular weight excluding hydrogens is 224 g/mol. The molecule has 3 heteroatoms. The number of carboxylic acid groups (broad SMARTS) is 1. The van der Waals surface area contributed by atoms with Crippen molar-refractivity contribution in [2.45, 2.75) is 0 Å². The lowest BCUT2D eigenvalue weighted by Crippen LogP contribution is -2.22. The van der Waals surface area contributed by atoms with Gasteiger partial charge >= 0.3 is 0 Å². The number of carbonyl (C=O) groups is 1. The van der Waals surface area contributed by atoms with Gasteiger partial charge in [-0.3, -0.25) is 0 Å². The van der Waals surface area contributed by atoms with Gasteiger partial charge < -0.3 is 9.90 Å². The topological polar surface area (TPSA) is 40.1 Å². The van der Waals surface area contributed by atoms with Gasteiger partial charge in [-0.25, -0.2) is 0 Å². The fraction of sp³-hybridized carbons (Fsp3) is 0. The second-order valence-electron chi connectivity index (χ2n) is 3.38. The van der Waals surface area contributed by atoms with Gasteiger partial charge in [-0.05, 0) is 34.9 Å². The standard InChI is InChI=1S/C13H9ClO2/c14-12-6-2-4-10(8-12)9-3-1-5-11(7-9)13(15)16/h1-8H,(H,15,16)/p-1. The van der Waals surface area contributed by atoms with E-state index in [-0.39, 0.29) is 5.56 Å². The monoisotopic (exact) mass is 231 g/mol. The molecule has 0 unspecified atom stereocenters. The molecule has 16 heavy (non-hydrogen) atoms. The fourth-order valence-corrected chi connectivity index (χ4v) is 1.68. The first-order valence-corrected chi connectivity index (χ1v) is 5.12. The first-order valence-electron chi connectivity index (χ1n) is 4.74. The Hall–Kier alpha value is -1.80. The Bertz CT molecular complexity index is 535. The lowest BCUT2D eigenvalue weighted by atomic mass is 10.0. The molecule has 0 heterocycles. The van der Waals surface area contributed by atoms with Crippen molar-refractivity contribution in [1.82, 2.24) is 0 Å². The smallest absolute Gasteiger partial charge is 0.0715 e. The zero-order valence-electron chi connectivity index (χ0n) is 8.31. The number of carboxylic acids is 1. The second-order valence-corrected chi connectivity index (χ2v) is 3.82. The highest BCUT2D eigenvalue weighted by Gasteiger charge is 2.00. The van der Waals surface area contributed by atoms with Crippen LogP contribution in [0.25, 0.3) is 11.1 Å². The van der Waals surface area contributed by atoms with Crippen LogP contribution in [0, 0.1) is 0 Å². The Morgan fingerprint density at radius 1 is 1.00 bits per heavy atom. The van der Waals surface area contributed by atoms with E-state index in [1.54, 1.807) is 24.3 Å². The minimum absolute atomic E-state index is 0.164. The summed E-state index contributed by atoms with van der Waals surface area (Å²) in [5.74, 6) is -1.18. The van der Waals surface area contributed by atoms with E-state index in [1.165, 1.54) is 6.07 Å². The highest BCUT2D eigenvalue weighted by Crippen LogP contribution is 2.23. The molecule has 2 rings (SSSR count). The van der Waals surface area contributed by atoms with Crippen molar-refractivity contribution in [3.8, 4) is 11.1 Å². The SMILES string of the molecule is O=C([O-])c1cccc(-c2cccc(Cl)c2)c1. The van der Waals surface area contributed by atoms with Gasteiger partial charge in [0.1, 0.15) is 0 Å². The molecule has 2 aromatic carbocycles. The average molecular weight is 232 g/mol. The fourth-order valence-electron chi connectivity index (χ4n) is 1.49. The van der Waals surface area contributed by atoms with Crippen LogP contribution in [0.4, 0.5) is 0 Å². The molecule has 80 valence electrons. The van der Waals surface area contributed by atoms with E-state index in [1.807, 2.05) is 18.2 Å². The van der Waals surface area contributed by atoms with Gasteiger partial charge in [0.05, 0.1) is 5.97 Å². The normalized spacial score (nSPS) is 10.1. The first kappa shape index (κ1) is 10.7. The van der Waals surface area contributed by atoms with E-state index < -0.39 is 5.97 Å². The average Bonchev–Trinajstić information content (AvgIpc) is 2.29. The summed E-state index contributed by atoms with van der Waals surface area (Å²) in [5.41, 5.74) is 1.86. The Balaban J connectivity index is 2.48. The third kappa shape index (κ3) is 2.23. The molecule has 0 saturated heterocycles.